The summed E-state index contributed by atoms with van der Waals surface area (Å²) in [4.78, 5) is 14.3. The number of benzene rings is 6. The largest absolute Gasteiger partial charge is 0.309 e. The van der Waals surface area contributed by atoms with Gasteiger partial charge in [0.05, 0.1) is 39.0 Å². The average molecular weight is 716 g/mol. The Morgan fingerprint density at radius 1 is 0.286 bits per heavy atom. The molecule has 5 aromatic heterocycles. The summed E-state index contributed by atoms with van der Waals surface area (Å²) in [6.45, 7) is 0. The van der Waals surface area contributed by atoms with Gasteiger partial charge < -0.3 is 9.13 Å². The third-order valence-electron chi connectivity index (χ3n) is 10.8. The SMILES string of the molecule is c1ccc(-n2c3ccc(-c4ccc5c6ccccc6n(-c6cccc(-c7cc(-c8ccccn8)cc(-c8ccccn8)c7)c6)c5c4)cc3c3ncccc32)cc1. The van der Waals surface area contributed by atoms with Gasteiger partial charge in [-0.05, 0) is 125 Å². The van der Waals surface area contributed by atoms with Crippen LogP contribution in [-0.4, -0.2) is 24.1 Å². The number of para-hydroxylation sites is 2. The first-order valence-corrected chi connectivity index (χ1v) is 18.8. The highest BCUT2D eigenvalue weighted by Gasteiger charge is 2.17. The highest BCUT2D eigenvalue weighted by molar-refractivity contribution is 6.11. The lowest BCUT2D eigenvalue weighted by Crippen LogP contribution is -1.95. The van der Waals surface area contributed by atoms with Crippen LogP contribution >= 0.6 is 0 Å². The summed E-state index contributed by atoms with van der Waals surface area (Å²) < 4.78 is 4.71. The first kappa shape index (κ1) is 31.9. The van der Waals surface area contributed by atoms with Crippen molar-refractivity contribution in [1.29, 1.82) is 0 Å². The van der Waals surface area contributed by atoms with E-state index in [1.165, 1.54) is 16.3 Å². The van der Waals surface area contributed by atoms with Crippen molar-refractivity contribution in [1.82, 2.24) is 24.1 Å². The number of hydrogen-bond acceptors (Lipinski definition) is 3. The van der Waals surface area contributed by atoms with Gasteiger partial charge in [-0.15, -0.1) is 0 Å². The Bertz CT molecular complexity index is 3180. The van der Waals surface area contributed by atoms with Gasteiger partial charge >= 0.3 is 0 Å². The number of fused-ring (bicyclic) bond motifs is 6. The summed E-state index contributed by atoms with van der Waals surface area (Å²) in [5.74, 6) is 0. The van der Waals surface area contributed by atoms with Crippen molar-refractivity contribution in [3.63, 3.8) is 0 Å². The van der Waals surface area contributed by atoms with E-state index in [2.05, 4.69) is 161 Å². The molecule has 0 fully saturated rings. The van der Waals surface area contributed by atoms with E-state index in [-0.39, 0.29) is 0 Å². The predicted octanol–water partition coefficient (Wildman–Crippen LogP) is 12.7. The molecule has 0 saturated heterocycles. The van der Waals surface area contributed by atoms with E-state index in [9.17, 15) is 0 Å². The van der Waals surface area contributed by atoms with Gasteiger partial charge in [-0.25, -0.2) is 0 Å². The van der Waals surface area contributed by atoms with Crippen LogP contribution in [0.1, 0.15) is 0 Å². The molecule has 0 aliphatic carbocycles. The van der Waals surface area contributed by atoms with Crippen molar-refractivity contribution in [2.24, 2.45) is 0 Å². The average Bonchev–Trinajstić information content (AvgIpc) is 3.79. The first-order valence-electron chi connectivity index (χ1n) is 18.8. The van der Waals surface area contributed by atoms with Crippen LogP contribution in [0, 0.1) is 0 Å². The lowest BCUT2D eigenvalue weighted by Gasteiger charge is -2.13. The molecule has 0 amide bonds. The van der Waals surface area contributed by atoms with Crippen LogP contribution in [0.3, 0.4) is 0 Å². The van der Waals surface area contributed by atoms with Gasteiger partial charge in [0.25, 0.3) is 0 Å². The fraction of sp³-hybridized carbons (Fsp3) is 0. The molecule has 262 valence electrons. The predicted molar refractivity (Wildman–Crippen MR) is 230 cm³/mol. The third-order valence-corrected chi connectivity index (χ3v) is 10.8. The Kier molecular flexibility index (Phi) is 7.42. The molecule has 6 aromatic carbocycles. The molecule has 0 aliphatic rings. The van der Waals surface area contributed by atoms with Crippen molar-refractivity contribution in [3.05, 3.63) is 201 Å². The Morgan fingerprint density at radius 2 is 0.875 bits per heavy atom. The van der Waals surface area contributed by atoms with Gasteiger partial charge in [0.15, 0.2) is 0 Å². The summed E-state index contributed by atoms with van der Waals surface area (Å²) in [6, 6.07) is 64.6. The van der Waals surface area contributed by atoms with Gasteiger partial charge in [0.1, 0.15) is 0 Å². The minimum Gasteiger partial charge on any atom is -0.309 e. The second kappa shape index (κ2) is 13.0. The van der Waals surface area contributed by atoms with Crippen LogP contribution in [-0.2, 0) is 0 Å². The summed E-state index contributed by atoms with van der Waals surface area (Å²) in [6.07, 6.45) is 5.58. The summed E-state index contributed by atoms with van der Waals surface area (Å²) in [5.41, 5.74) is 16.3. The van der Waals surface area contributed by atoms with E-state index in [4.69, 9.17) is 15.0 Å². The third kappa shape index (κ3) is 5.29. The van der Waals surface area contributed by atoms with Crippen LogP contribution in [0.4, 0.5) is 0 Å². The molecule has 5 heterocycles. The fourth-order valence-corrected chi connectivity index (χ4v) is 8.28. The lowest BCUT2D eigenvalue weighted by atomic mass is 9.96. The minimum absolute atomic E-state index is 0.927. The van der Waals surface area contributed by atoms with Gasteiger partial charge in [0, 0.05) is 57.3 Å². The summed E-state index contributed by atoms with van der Waals surface area (Å²) >= 11 is 0. The standard InChI is InChI=1S/C51H33N5/c1-2-13-40(14-3-1)55-48-24-22-35(32-44(48)51-49(55)20-11-27-54-51)36-21-23-43-42-16-4-5-19-47(42)56(50(43)33-36)41-15-10-12-34(31-41)37-28-38(45-17-6-8-25-52-45)30-39(29-37)46-18-7-9-26-53-46/h1-33H. The topological polar surface area (TPSA) is 48.5 Å². The molecule has 0 spiro atoms. The van der Waals surface area contributed by atoms with Crippen LogP contribution in [0.15, 0.2) is 201 Å². The maximum absolute atomic E-state index is 4.87. The van der Waals surface area contributed by atoms with Gasteiger partial charge in [-0.2, -0.15) is 0 Å². The van der Waals surface area contributed by atoms with E-state index < -0.39 is 0 Å². The number of pyridine rings is 3. The van der Waals surface area contributed by atoms with E-state index in [1.54, 1.807) is 0 Å². The molecule has 5 heteroatoms. The summed E-state index contributed by atoms with van der Waals surface area (Å²) in [7, 11) is 0. The van der Waals surface area contributed by atoms with Crippen LogP contribution < -0.4 is 0 Å². The van der Waals surface area contributed by atoms with Crippen molar-refractivity contribution in [2.75, 3.05) is 0 Å². The highest BCUT2D eigenvalue weighted by Crippen LogP contribution is 2.39. The first-order chi connectivity index (χ1) is 27.8. The second-order valence-corrected chi connectivity index (χ2v) is 14.1. The van der Waals surface area contributed by atoms with Gasteiger partial charge in [-0.3, -0.25) is 15.0 Å². The lowest BCUT2D eigenvalue weighted by molar-refractivity contribution is 1.17. The Balaban J connectivity index is 1.08. The van der Waals surface area contributed by atoms with Gasteiger partial charge in [-0.1, -0.05) is 78.9 Å². The van der Waals surface area contributed by atoms with E-state index in [0.29, 0.717) is 0 Å². The minimum atomic E-state index is 0.927. The number of hydrogen-bond donors (Lipinski definition) is 0. The number of aromatic nitrogens is 5. The van der Waals surface area contributed by atoms with Crippen LogP contribution in [0.25, 0.3) is 99.9 Å². The number of nitrogens with zero attached hydrogens (tertiary/aromatic N) is 5. The van der Waals surface area contributed by atoms with Crippen LogP contribution in [0.5, 0.6) is 0 Å². The molecule has 0 aliphatic heterocycles. The molecule has 0 radical (unpaired) electrons. The van der Waals surface area contributed by atoms with Crippen molar-refractivity contribution in [2.45, 2.75) is 0 Å². The van der Waals surface area contributed by atoms with Crippen molar-refractivity contribution < 1.29 is 0 Å². The zero-order valence-electron chi connectivity index (χ0n) is 30.3. The Morgan fingerprint density at radius 3 is 1.66 bits per heavy atom. The molecular formula is C51H33N5. The van der Waals surface area contributed by atoms with E-state index >= 15 is 0 Å². The smallest absolute Gasteiger partial charge is 0.0963 e. The van der Waals surface area contributed by atoms with E-state index in [0.717, 1.165) is 83.6 Å². The van der Waals surface area contributed by atoms with Gasteiger partial charge in [0.2, 0.25) is 0 Å². The summed E-state index contributed by atoms with van der Waals surface area (Å²) in [5, 5.41) is 3.57. The molecule has 0 bridgehead atoms. The molecular weight excluding hydrogens is 683 g/mol. The monoisotopic (exact) mass is 715 g/mol. The maximum Gasteiger partial charge on any atom is 0.0963 e. The Hall–Kier alpha value is -7.63. The molecule has 11 aromatic rings. The molecule has 0 saturated carbocycles. The zero-order chi connectivity index (χ0) is 37.0. The quantitative estimate of drug-likeness (QED) is 0.172. The normalized spacial score (nSPS) is 11.6. The molecule has 56 heavy (non-hydrogen) atoms. The maximum atomic E-state index is 4.87. The Labute approximate surface area is 323 Å². The molecule has 0 N–H and O–H groups in total. The zero-order valence-corrected chi connectivity index (χ0v) is 30.3. The van der Waals surface area contributed by atoms with Crippen molar-refractivity contribution in [3.8, 4) is 56.1 Å². The second-order valence-electron chi connectivity index (χ2n) is 14.1. The molecule has 0 unspecified atom stereocenters. The highest BCUT2D eigenvalue weighted by atomic mass is 15.0. The van der Waals surface area contributed by atoms with E-state index in [1.807, 2.05) is 48.9 Å². The number of rotatable bonds is 6. The molecule has 5 nitrogen and oxygen atoms in total. The fourth-order valence-electron chi connectivity index (χ4n) is 8.28. The molecule has 11 rings (SSSR count). The molecule has 0 atom stereocenters. The van der Waals surface area contributed by atoms with Crippen LogP contribution in [0.2, 0.25) is 0 Å². The van der Waals surface area contributed by atoms with Crippen molar-refractivity contribution >= 4 is 43.7 Å².